The first kappa shape index (κ1) is 14.3. The highest BCUT2D eigenvalue weighted by Gasteiger charge is 2.20. The number of nitrogens with two attached hydrogens (primary N) is 1. The van der Waals surface area contributed by atoms with Crippen molar-refractivity contribution in [1.29, 1.82) is 0 Å². The summed E-state index contributed by atoms with van der Waals surface area (Å²) in [4.78, 5) is 11.8. The van der Waals surface area contributed by atoms with Crippen LogP contribution in [0.3, 0.4) is 0 Å². The maximum Gasteiger partial charge on any atom is 0.275 e. The van der Waals surface area contributed by atoms with Crippen LogP contribution in [0, 0.1) is 5.82 Å². The molecule has 0 aliphatic heterocycles. The number of benzene rings is 1. The zero-order chi connectivity index (χ0) is 14.9. The van der Waals surface area contributed by atoms with Gasteiger partial charge >= 0.3 is 0 Å². The molecule has 1 aromatic heterocycles. The van der Waals surface area contributed by atoms with E-state index in [1.807, 2.05) is 0 Å². The molecule has 2 rings (SSSR count). The van der Waals surface area contributed by atoms with Gasteiger partial charge < -0.3 is 11.1 Å². The number of aromatic nitrogens is 3. The summed E-state index contributed by atoms with van der Waals surface area (Å²) in [6.45, 7) is 3.60. The van der Waals surface area contributed by atoms with E-state index in [2.05, 4.69) is 15.6 Å². The largest absolute Gasteiger partial charge is 0.382 e. The number of amides is 1. The molecule has 1 heterocycles. The molecule has 20 heavy (non-hydrogen) atoms. The quantitative estimate of drug-likeness (QED) is 0.904. The number of nitrogens with zero attached hydrogens (tertiary/aromatic N) is 3. The van der Waals surface area contributed by atoms with Gasteiger partial charge in [0.05, 0.1) is 5.02 Å². The number of nitrogens with one attached hydrogen (secondary N) is 1. The molecule has 0 atom stereocenters. The molecule has 0 unspecified atom stereocenters. The topological polar surface area (TPSA) is 85.8 Å². The first-order valence-electron chi connectivity index (χ1n) is 5.88. The minimum absolute atomic E-state index is 0.0334. The summed E-state index contributed by atoms with van der Waals surface area (Å²) in [5.74, 6) is -1.20. The number of carbonyl (C=O) groups excluding carboxylic acids is 1. The lowest BCUT2D eigenvalue weighted by Crippen LogP contribution is -2.31. The van der Waals surface area contributed by atoms with Crippen molar-refractivity contribution in [3.8, 4) is 5.69 Å². The molecule has 0 radical (unpaired) electrons. The van der Waals surface area contributed by atoms with Crippen LogP contribution in [0.25, 0.3) is 5.69 Å². The fourth-order valence-corrected chi connectivity index (χ4v) is 1.78. The fourth-order valence-electron chi connectivity index (χ4n) is 1.62. The number of rotatable bonds is 3. The second-order valence-corrected chi connectivity index (χ2v) is 4.84. The number of anilines is 1. The van der Waals surface area contributed by atoms with Crippen LogP contribution >= 0.6 is 11.6 Å². The predicted molar refractivity (Wildman–Crippen MR) is 73.3 cm³/mol. The highest BCUT2D eigenvalue weighted by atomic mass is 35.5. The molecule has 3 N–H and O–H groups in total. The average Bonchev–Trinajstić information content (AvgIpc) is 2.74. The van der Waals surface area contributed by atoms with Crippen molar-refractivity contribution in [2.45, 2.75) is 19.9 Å². The highest BCUT2D eigenvalue weighted by Crippen LogP contribution is 2.23. The van der Waals surface area contributed by atoms with Crippen LogP contribution in [0.2, 0.25) is 5.02 Å². The second kappa shape index (κ2) is 5.46. The third kappa shape index (κ3) is 2.57. The molecule has 0 saturated heterocycles. The average molecular weight is 298 g/mol. The van der Waals surface area contributed by atoms with Gasteiger partial charge in [0.25, 0.3) is 5.91 Å². The zero-order valence-electron chi connectivity index (χ0n) is 10.9. The summed E-state index contributed by atoms with van der Waals surface area (Å²) in [6, 6.07) is 4.32. The summed E-state index contributed by atoms with van der Waals surface area (Å²) >= 11 is 5.70. The standard InChI is InChI=1S/C12H13ClFN5O/c1-6(2)16-12(20)10-11(15)19(18-17-10)8-5-3-4-7(13)9(8)14/h3-6H,15H2,1-2H3,(H,16,20). The van der Waals surface area contributed by atoms with Gasteiger partial charge in [0.2, 0.25) is 0 Å². The first-order valence-corrected chi connectivity index (χ1v) is 6.26. The smallest absolute Gasteiger partial charge is 0.275 e. The predicted octanol–water partition coefficient (Wildman–Crippen LogP) is 1.78. The Morgan fingerprint density at radius 3 is 2.85 bits per heavy atom. The van der Waals surface area contributed by atoms with Crippen LogP contribution in [0.15, 0.2) is 18.2 Å². The van der Waals surface area contributed by atoms with Gasteiger partial charge in [-0.1, -0.05) is 22.9 Å². The van der Waals surface area contributed by atoms with Gasteiger partial charge in [0.1, 0.15) is 5.69 Å². The SMILES string of the molecule is CC(C)NC(=O)c1nnn(-c2cccc(Cl)c2F)c1N. The van der Waals surface area contributed by atoms with E-state index in [1.165, 1.54) is 12.1 Å². The Hall–Kier alpha value is -2.15. The van der Waals surface area contributed by atoms with Gasteiger partial charge in [-0.25, -0.2) is 4.39 Å². The summed E-state index contributed by atoms with van der Waals surface area (Å²) in [5.41, 5.74) is 5.77. The second-order valence-electron chi connectivity index (χ2n) is 4.44. The van der Waals surface area contributed by atoms with Crippen LogP contribution in [-0.2, 0) is 0 Å². The lowest BCUT2D eigenvalue weighted by atomic mass is 10.3. The Morgan fingerprint density at radius 1 is 1.50 bits per heavy atom. The van der Waals surface area contributed by atoms with E-state index in [4.69, 9.17) is 17.3 Å². The summed E-state index contributed by atoms with van der Waals surface area (Å²) < 4.78 is 14.9. The van der Waals surface area contributed by atoms with Gasteiger partial charge in [0, 0.05) is 6.04 Å². The van der Waals surface area contributed by atoms with Crippen molar-refractivity contribution in [3.63, 3.8) is 0 Å². The Balaban J connectivity index is 2.43. The number of carbonyl (C=O) groups is 1. The maximum atomic E-state index is 13.9. The van der Waals surface area contributed by atoms with Crippen LogP contribution in [0.5, 0.6) is 0 Å². The van der Waals surface area contributed by atoms with Gasteiger partial charge in [-0.3, -0.25) is 4.79 Å². The molecule has 0 aliphatic carbocycles. The third-order valence-corrected chi connectivity index (χ3v) is 2.79. The van der Waals surface area contributed by atoms with E-state index in [-0.39, 0.29) is 28.3 Å². The van der Waals surface area contributed by atoms with Crippen LogP contribution in [0.1, 0.15) is 24.3 Å². The van der Waals surface area contributed by atoms with Gasteiger partial charge in [-0.05, 0) is 26.0 Å². The Bertz CT molecular complexity index is 655. The molecule has 0 saturated carbocycles. The van der Waals surface area contributed by atoms with Crippen LogP contribution < -0.4 is 11.1 Å². The minimum Gasteiger partial charge on any atom is -0.382 e. The van der Waals surface area contributed by atoms with Crippen molar-refractivity contribution < 1.29 is 9.18 Å². The van der Waals surface area contributed by atoms with E-state index < -0.39 is 11.7 Å². The summed E-state index contributed by atoms with van der Waals surface area (Å²) in [5, 5.41) is 9.95. The fraction of sp³-hybridized carbons (Fsp3) is 0.250. The number of halogens is 2. The van der Waals surface area contributed by atoms with E-state index in [0.29, 0.717) is 0 Å². The van der Waals surface area contributed by atoms with Crippen molar-refractivity contribution >= 4 is 23.3 Å². The first-order chi connectivity index (χ1) is 9.41. The molecule has 0 fully saturated rings. The molecular formula is C12H13ClFN5O. The minimum atomic E-state index is -0.679. The van der Waals surface area contributed by atoms with Crippen molar-refractivity contribution in [2.24, 2.45) is 0 Å². The van der Waals surface area contributed by atoms with Gasteiger partial charge in [-0.15, -0.1) is 5.10 Å². The normalized spacial score (nSPS) is 10.8. The molecule has 8 heteroatoms. The van der Waals surface area contributed by atoms with Crippen molar-refractivity contribution in [3.05, 3.63) is 34.7 Å². The molecule has 6 nitrogen and oxygen atoms in total. The zero-order valence-corrected chi connectivity index (χ0v) is 11.6. The number of hydrogen-bond acceptors (Lipinski definition) is 4. The summed E-state index contributed by atoms with van der Waals surface area (Å²) in [7, 11) is 0. The van der Waals surface area contributed by atoms with Gasteiger partial charge in [0.15, 0.2) is 17.3 Å². The Kier molecular flexibility index (Phi) is 3.89. The number of hydrogen-bond donors (Lipinski definition) is 2. The summed E-state index contributed by atoms with van der Waals surface area (Å²) in [6.07, 6.45) is 0. The molecule has 1 amide bonds. The molecular weight excluding hydrogens is 285 g/mol. The van der Waals surface area contributed by atoms with E-state index in [1.54, 1.807) is 19.9 Å². The third-order valence-electron chi connectivity index (χ3n) is 2.50. The van der Waals surface area contributed by atoms with Gasteiger partial charge in [-0.2, -0.15) is 4.68 Å². The van der Waals surface area contributed by atoms with Crippen LogP contribution in [0.4, 0.5) is 10.2 Å². The Labute approximate surface area is 119 Å². The lowest BCUT2D eigenvalue weighted by molar-refractivity contribution is 0.0939. The van der Waals surface area contributed by atoms with E-state index in [0.717, 1.165) is 4.68 Å². The van der Waals surface area contributed by atoms with E-state index >= 15 is 0 Å². The molecule has 106 valence electrons. The highest BCUT2D eigenvalue weighted by molar-refractivity contribution is 6.30. The molecule has 0 bridgehead atoms. The Morgan fingerprint density at radius 2 is 2.20 bits per heavy atom. The molecule has 2 aromatic rings. The monoisotopic (exact) mass is 297 g/mol. The van der Waals surface area contributed by atoms with Crippen molar-refractivity contribution in [2.75, 3.05) is 5.73 Å². The van der Waals surface area contributed by atoms with Crippen molar-refractivity contribution in [1.82, 2.24) is 20.3 Å². The molecule has 0 aliphatic rings. The van der Waals surface area contributed by atoms with Crippen LogP contribution in [-0.4, -0.2) is 26.9 Å². The number of nitrogen functional groups attached to an aromatic ring is 1. The lowest BCUT2D eigenvalue weighted by Gasteiger charge is -2.07. The molecule has 1 aromatic carbocycles. The maximum absolute atomic E-state index is 13.9. The van der Waals surface area contributed by atoms with E-state index in [9.17, 15) is 9.18 Å². The molecule has 0 spiro atoms.